The summed E-state index contributed by atoms with van der Waals surface area (Å²) in [5.41, 5.74) is 2.56. The molecule has 28 heavy (non-hydrogen) atoms. The van der Waals surface area contributed by atoms with E-state index in [2.05, 4.69) is 17.6 Å². The number of rotatable bonds is 6. The molecule has 2 N–H and O–H groups in total. The largest absolute Gasteiger partial charge is 0.377 e. The van der Waals surface area contributed by atoms with Crippen molar-refractivity contribution >= 4 is 23.0 Å². The predicted octanol–water partition coefficient (Wildman–Crippen LogP) is 5.54. The van der Waals surface area contributed by atoms with Crippen LogP contribution in [0, 0.1) is 10.1 Å². The van der Waals surface area contributed by atoms with Crippen LogP contribution in [-0.2, 0) is 6.42 Å². The Balaban J connectivity index is 1.75. The molecule has 0 saturated heterocycles. The van der Waals surface area contributed by atoms with Crippen molar-refractivity contribution < 1.29 is 9.72 Å². The molecule has 148 valence electrons. The van der Waals surface area contributed by atoms with Gasteiger partial charge in [-0.3, -0.25) is 14.9 Å². The number of hydrogen-bond acceptors (Lipinski definition) is 4. The molecule has 1 fully saturated rings. The van der Waals surface area contributed by atoms with Crippen molar-refractivity contribution in [2.75, 3.05) is 10.6 Å². The number of carbonyl (C=O) groups excluding carboxylic acids is 1. The molecule has 0 heterocycles. The van der Waals surface area contributed by atoms with E-state index in [1.807, 2.05) is 24.3 Å². The minimum absolute atomic E-state index is 0.0572. The number of nitro groups is 1. The molecule has 6 nitrogen and oxygen atoms in total. The average molecular weight is 381 g/mol. The Kier molecular flexibility index (Phi) is 6.63. The Hall–Kier alpha value is -2.89. The van der Waals surface area contributed by atoms with Crippen LogP contribution >= 0.6 is 0 Å². The van der Waals surface area contributed by atoms with Gasteiger partial charge in [0.25, 0.3) is 11.6 Å². The molecule has 1 aliphatic carbocycles. The van der Waals surface area contributed by atoms with Gasteiger partial charge >= 0.3 is 0 Å². The minimum Gasteiger partial charge on any atom is -0.377 e. The fourth-order valence-electron chi connectivity index (χ4n) is 3.62. The van der Waals surface area contributed by atoms with Crippen molar-refractivity contribution in [1.29, 1.82) is 0 Å². The van der Waals surface area contributed by atoms with E-state index in [1.165, 1.54) is 24.5 Å². The first-order chi connectivity index (χ1) is 13.6. The molecule has 0 radical (unpaired) electrons. The first-order valence-corrected chi connectivity index (χ1v) is 10.0. The van der Waals surface area contributed by atoms with Crippen molar-refractivity contribution in [2.24, 2.45) is 0 Å². The van der Waals surface area contributed by atoms with Gasteiger partial charge in [-0.25, -0.2) is 0 Å². The van der Waals surface area contributed by atoms with Crippen LogP contribution in [0.15, 0.2) is 42.5 Å². The summed E-state index contributed by atoms with van der Waals surface area (Å²) in [7, 11) is 0. The second-order valence-electron chi connectivity index (χ2n) is 7.33. The third kappa shape index (κ3) is 5.09. The zero-order valence-electron chi connectivity index (χ0n) is 16.2. The van der Waals surface area contributed by atoms with E-state index in [0.717, 1.165) is 32.1 Å². The summed E-state index contributed by atoms with van der Waals surface area (Å²) in [5.74, 6) is -0.353. The van der Waals surface area contributed by atoms with Crippen LogP contribution in [0.3, 0.4) is 0 Å². The lowest BCUT2D eigenvalue weighted by molar-refractivity contribution is -0.384. The molecule has 0 unspecified atom stereocenters. The number of anilines is 2. The molecule has 3 rings (SSSR count). The highest BCUT2D eigenvalue weighted by atomic mass is 16.6. The summed E-state index contributed by atoms with van der Waals surface area (Å²) >= 11 is 0. The maximum atomic E-state index is 12.5. The molecular formula is C22H27N3O3. The van der Waals surface area contributed by atoms with Gasteiger partial charge in [0.05, 0.1) is 4.92 Å². The molecule has 0 aromatic heterocycles. The van der Waals surface area contributed by atoms with Gasteiger partial charge in [0.15, 0.2) is 0 Å². The number of benzene rings is 2. The van der Waals surface area contributed by atoms with Gasteiger partial charge < -0.3 is 10.6 Å². The van der Waals surface area contributed by atoms with Gasteiger partial charge in [-0.2, -0.15) is 0 Å². The number of nitro benzene ring substituents is 1. The molecule has 2 aromatic carbocycles. The molecule has 2 aromatic rings. The molecule has 0 atom stereocenters. The van der Waals surface area contributed by atoms with Crippen LogP contribution in [0.5, 0.6) is 0 Å². The summed E-state index contributed by atoms with van der Waals surface area (Å²) in [5, 5.41) is 17.7. The van der Waals surface area contributed by atoms with E-state index >= 15 is 0 Å². The van der Waals surface area contributed by atoms with Crippen molar-refractivity contribution in [2.45, 2.75) is 57.9 Å². The molecule has 1 aliphatic rings. The Labute approximate surface area is 165 Å². The van der Waals surface area contributed by atoms with E-state index in [4.69, 9.17) is 0 Å². The standard InChI is InChI=1S/C22H27N3O3/c1-2-16-9-12-19(13-10-16)24-22(26)17-11-14-20(21(15-17)25(27)28)23-18-7-5-3-4-6-8-18/h9-15,18,23H,2-8H2,1H3,(H,24,26). The summed E-state index contributed by atoms with van der Waals surface area (Å²) in [6, 6.07) is 12.5. The Bertz CT molecular complexity index is 825. The normalized spacial score (nSPS) is 14.9. The third-order valence-corrected chi connectivity index (χ3v) is 5.29. The summed E-state index contributed by atoms with van der Waals surface area (Å²) < 4.78 is 0. The Morgan fingerprint density at radius 1 is 1.07 bits per heavy atom. The topological polar surface area (TPSA) is 84.3 Å². The first kappa shape index (κ1) is 19.9. The molecule has 0 spiro atoms. The van der Waals surface area contributed by atoms with E-state index in [0.29, 0.717) is 11.4 Å². The number of nitrogens with zero attached hydrogens (tertiary/aromatic N) is 1. The minimum atomic E-state index is -0.425. The van der Waals surface area contributed by atoms with E-state index in [-0.39, 0.29) is 23.2 Å². The van der Waals surface area contributed by atoms with Crippen LogP contribution < -0.4 is 10.6 Å². The maximum Gasteiger partial charge on any atom is 0.293 e. The Morgan fingerprint density at radius 2 is 1.75 bits per heavy atom. The highest BCUT2D eigenvalue weighted by Crippen LogP contribution is 2.29. The molecule has 1 amide bonds. The SMILES string of the molecule is CCc1ccc(NC(=O)c2ccc(NC3CCCCCC3)c([N+](=O)[O-])c2)cc1. The first-order valence-electron chi connectivity index (χ1n) is 10.0. The maximum absolute atomic E-state index is 12.5. The van der Waals surface area contributed by atoms with E-state index < -0.39 is 4.92 Å². The highest BCUT2D eigenvalue weighted by molar-refractivity contribution is 6.05. The summed E-state index contributed by atoms with van der Waals surface area (Å²) in [6.45, 7) is 2.07. The quantitative estimate of drug-likeness (QED) is 0.391. The molecule has 6 heteroatoms. The molecule has 1 saturated carbocycles. The second-order valence-corrected chi connectivity index (χ2v) is 7.33. The summed E-state index contributed by atoms with van der Waals surface area (Å²) in [4.78, 5) is 23.7. The number of aryl methyl sites for hydroxylation is 1. The highest BCUT2D eigenvalue weighted by Gasteiger charge is 2.21. The van der Waals surface area contributed by atoms with Crippen molar-refractivity contribution in [3.8, 4) is 0 Å². The third-order valence-electron chi connectivity index (χ3n) is 5.29. The van der Waals surface area contributed by atoms with E-state index in [1.54, 1.807) is 12.1 Å². The fourth-order valence-corrected chi connectivity index (χ4v) is 3.62. The van der Waals surface area contributed by atoms with Crippen molar-refractivity contribution in [1.82, 2.24) is 0 Å². The molecular weight excluding hydrogens is 354 g/mol. The van der Waals surface area contributed by atoms with Gasteiger partial charge in [0.2, 0.25) is 0 Å². The van der Waals surface area contributed by atoms with Gasteiger partial charge in [0, 0.05) is 23.4 Å². The van der Waals surface area contributed by atoms with Gasteiger partial charge in [-0.15, -0.1) is 0 Å². The molecule has 0 aliphatic heterocycles. The summed E-state index contributed by atoms with van der Waals surface area (Å²) in [6.07, 6.45) is 7.69. The molecule has 0 bridgehead atoms. The number of carbonyl (C=O) groups is 1. The van der Waals surface area contributed by atoms with E-state index in [9.17, 15) is 14.9 Å². The van der Waals surface area contributed by atoms with Gasteiger partial charge in [0.1, 0.15) is 5.69 Å². The lowest BCUT2D eigenvalue weighted by atomic mass is 10.1. The average Bonchev–Trinajstić information content (AvgIpc) is 2.97. The van der Waals surface area contributed by atoms with Crippen LogP contribution in [0.1, 0.15) is 61.4 Å². The van der Waals surface area contributed by atoms with Crippen LogP contribution in [-0.4, -0.2) is 16.9 Å². The smallest absolute Gasteiger partial charge is 0.293 e. The van der Waals surface area contributed by atoms with Gasteiger partial charge in [-0.05, 0) is 49.1 Å². The van der Waals surface area contributed by atoms with Crippen LogP contribution in [0.2, 0.25) is 0 Å². The van der Waals surface area contributed by atoms with Crippen molar-refractivity contribution in [3.05, 3.63) is 63.7 Å². The lowest BCUT2D eigenvalue weighted by Gasteiger charge is -2.18. The van der Waals surface area contributed by atoms with Gasteiger partial charge in [-0.1, -0.05) is 44.7 Å². The second kappa shape index (κ2) is 9.35. The number of nitrogens with one attached hydrogen (secondary N) is 2. The zero-order chi connectivity index (χ0) is 19.9. The zero-order valence-corrected chi connectivity index (χ0v) is 16.2. The van der Waals surface area contributed by atoms with Crippen LogP contribution in [0.4, 0.5) is 17.1 Å². The Morgan fingerprint density at radius 3 is 2.36 bits per heavy atom. The predicted molar refractivity (Wildman–Crippen MR) is 112 cm³/mol. The van der Waals surface area contributed by atoms with Crippen LogP contribution in [0.25, 0.3) is 0 Å². The lowest BCUT2D eigenvalue weighted by Crippen LogP contribution is -2.19. The number of amides is 1. The fraction of sp³-hybridized carbons (Fsp3) is 0.409. The number of hydrogen-bond donors (Lipinski definition) is 2. The van der Waals surface area contributed by atoms with Crippen molar-refractivity contribution in [3.63, 3.8) is 0 Å². The monoisotopic (exact) mass is 381 g/mol.